The molecule has 0 saturated heterocycles. The lowest BCUT2D eigenvalue weighted by Gasteiger charge is -2.12. The minimum atomic E-state index is -0.561. The van der Waals surface area contributed by atoms with E-state index in [1.807, 2.05) is 36.4 Å². The molecule has 0 atom stereocenters. The van der Waals surface area contributed by atoms with Crippen LogP contribution in [0, 0.1) is 0 Å². The Hall–Kier alpha value is -3.97. The van der Waals surface area contributed by atoms with E-state index in [0.717, 1.165) is 11.1 Å². The first-order valence-corrected chi connectivity index (χ1v) is 11.2. The van der Waals surface area contributed by atoms with E-state index in [1.54, 1.807) is 32.2 Å². The van der Waals surface area contributed by atoms with Crippen molar-refractivity contribution in [3.8, 4) is 17.2 Å². The molecule has 8 heteroatoms. The van der Waals surface area contributed by atoms with Crippen molar-refractivity contribution in [2.45, 2.75) is 13.5 Å². The maximum atomic E-state index is 12.5. The zero-order valence-electron chi connectivity index (χ0n) is 19.7. The van der Waals surface area contributed by atoms with Gasteiger partial charge in [-0.25, -0.2) is 4.79 Å². The average molecular weight is 496 g/mol. The van der Waals surface area contributed by atoms with Gasteiger partial charge in [-0.05, 0) is 42.3 Å². The van der Waals surface area contributed by atoms with E-state index in [4.69, 9.17) is 30.5 Å². The highest BCUT2D eigenvalue weighted by atomic mass is 35.5. The number of anilines is 1. The first-order valence-electron chi connectivity index (χ1n) is 10.8. The molecule has 3 aromatic carbocycles. The van der Waals surface area contributed by atoms with Gasteiger partial charge in [0.2, 0.25) is 5.91 Å². The molecule has 0 fully saturated rings. The molecule has 0 radical (unpaired) electrons. The average Bonchev–Trinajstić information content (AvgIpc) is 2.88. The summed E-state index contributed by atoms with van der Waals surface area (Å²) < 4.78 is 21.6. The third-order valence-electron chi connectivity index (χ3n) is 4.89. The largest absolute Gasteiger partial charge is 0.496 e. The second-order valence-corrected chi connectivity index (χ2v) is 7.67. The van der Waals surface area contributed by atoms with Crippen LogP contribution in [-0.4, -0.2) is 32.7 Å². The molecule has 1 N–H and O–H groups in total. The van der Waals surface area contributed by atoms with Gasteiger partial charge in [0.1, 0.15) is 17.9 Å². The number of ether oxygens (including phenoxy) is 4. The van der Waals surface area contributed by atoms with Crippen LogP contribution >= 0.6 is 11.6 Å². The van der Waals surface area contributed by atoms with Crippen molar-refractivity contribution < 1.29 is 28.5 Å². The second-order valence-electron chi connectivity index (χ2n) is 7.26. The Morgan fingerprint density at radius 3 is 2.37 bits per heavy atom. The summed E-state index contributed by atoms with van der Waals surface area (Å²) in [4.78, 5) is 24.6. The molecule has 0 saturated carbocycles. The van der Waals surface area contributed by atoms with Crippen molar-refractivity contribution in [1.29, 1.82) is 0 Å². The molecule has 7 nitrogen and oxygen atoms in total. The van der Waals surface area contributed by atoms with E-state index in [2.05, 4.69) is 5.32 Å². The fourth-order valence-electron chi connectivity index (χ4n) is 3.18. The molecule has 3 aromatic rings. The number of hydrogen-bond donors (Lipinski definition) is 1. The van der Waals surface area contributed by atoms with Crippen LogP contribution < -0.4 is 19.5 Å². The van der Waals surface area contributed by atoms with E-state index in [-0.39, 0.29) is 22.9 Å². The molecule has 3 rings (SSSR count). The molecule has 35 heavy (non-hydrogen) atoms. The van der Waals surface area contributed by atoms with Gasteiger partial charge in [0.15, 0.2) is 11.5 Å². The van der Waals surface area contributed by atoms with Gasteiger partial charge in [-0.2, -0.15) is 0 Å². The summed E-state index contributed by atoms with van der Waals surface area (Å²) in [5.74, 6) is 0.405. The quantitative estimate of drug-likeness (QED) is 0.284. The summed E-state index contributed by atoms with van der Waals surface area (Å²) in [5.41, 5.74) is 2.26. The van der Waals surface area contributed by atoms with Gasteiger partial charge in [0, 0.05) is 12.1 Å². The van der Waals surface area contributed by atoms with Gasteiger partial charge in [0.25, 0.3) is 0 Å². The topological polar surface area (TPSA) is 83.1 Å². The van der Waals surface area contributed by atoms with E-state index < -0.39 is 11.9 Å². The van der Waals surface area contributed by atoms with Crippen LogP contribution in [0.15, 0.2) is 66.7 Å². The Morgan fingerprint density at radius 1 is 0.943 bits per heavy atom. The first-order chi connectivity index (χ1) is 16.9. The Balaban J connectivity index is 1.68. The number of carbonyl (C=O) groups excluding carboxylic acids is 2. The van der Waals surface area contributed by atoms with E-state index in [1.165, 1.54) is 25.3 Å². The van der Waals surface area contributed by atoms with Crippen molar-refractivity contribution in [2.24, 2.45) is 0 Å². The number of carbonyl (C=O) groups is 2. The third kappa shape index (κ3) is 7.01. The lowest BCUT2D eigenvalue weighted by atomic mass is 10.1. The minimum Gasteiger partial charge on any atom is -0.496 e. The smallest absolute Gasteiger partial charge is 0.341 e. The van der Waals surface area contributed by atoms with Crippen LogP contribution in [0.5, 0.6) is 17.2 Å². The first kappa shape index (κ1) is 25.6. The van der Waals surface area contributed by atoms with Gasteiger partial charge >= 0.3 is 5.97 Å². The molecule has 0 aliphatic carbocycles. The Morgan fingerprint density at radius 2 is 1.69 bits per heavy atom. The number of esters is 1. The zero-order valence-corrected chi connectivity index (χ0v) is 20.4. The summed E-state index contributed by atoms with van der Waals surface area (Å²) in [6.45, 7) is 2.33. The van der Waals surface area contributed by atoms with Crippen molar-refractivity contribution >= 4 is 35.2 Å². The molecule has 0 spiro atoms. The standard InChI is InChI=1S/C27H26ClNO6/c1-4-34-27(31)20-15-21(28)22(16-24(20)32-2)29-26(30)13-11-18-10-12-23(25(14-18)33-3)35-17-19-8-6-5-7-9-19/h5-16H,4,17H2,1-3H3,(H,29,30)/b13-11+. The molecule has 182 valence electrons. The SMILES string of the molecule is CCOC(=O)c1cc(Cl)c(NC(=O)/C=C/c2ccc(OCc3ccccc3)c(OC)c2)cc1OC. The highest BCUT2D eigenvalue weighted by Crippen LogP contribution is 2.32. The van der Waals surface area contributed by atoms with Crippen LogP contribution in [0.4, 0.5) is 5.69 Å². The molecular formula is C27H26ClNO6. The molecular weight excluding hydrogens is 470 g/mol. The molecule has 0 aliphatic heterocycles. The van der Waals surface area contributed by atoms with Gasteiger partial charge in [-0.3, -0.25) is 4.79 Å². The summed E-state index contributed by atoms with van der Waals surface area (Å²) >= 11 is 6.26. The van der Waals surface area contributed by atoms with Crippen LogP contribution in [0.2, 0.25) is 5.02 Å². The van der Waals surface area contributed by atoms with Crippen molar-refractivity contribution in [3.05, 3.63) is 88.5 Å². The number of nitrogens with one attached hydrogen (secondary N) is 1. The normalized spacial score (nSPS) is 10.6. The summed E-state index contributed by atoms with van der Waals surface area (Å²) in [5, 5.41) is 2.86. The van der Waals surface area contributed by atoms with E-state index >= 15 is 0 Å². The maximum absolute atomic E-state index is 12.5. The minimum absolute atomic E-state index is 0.176. The van der Waals surface area contributed by atoms with Gasteiger partial charge in [0.05, 0.1) is 31.5 Å². The monoisotopic (exact) mass is 495 g/mol. The molecule has 0 aliphatic rings. The summed E-state index contributed by atoms with van der Waals surface area (Å²) in [6, 6.07) is 18.1. The number of benzene rings is 3. The Labute approximate surface area is 209 Å². The maximum Gasteiger partial charge on any atom is 0.341 e. The van der Waals surface area contributed by atoms with Gasteiger partial charge < -0.3 is 24.3 Å². The lowest BCUT2D eigenvalue weighted by Crippen LogP contribution is -2.11. The molecule has 0 aromatic heterocycles. The number of halogens is 1. The fraction of sp³-hybridized carbons (Fsp3) is 0.185. The number of rotatable bonds is 10. The fourth-order valence-corrected chi connectivity index (χ4v) is 3.39. The van der Waals surface area contributed by atoms with E-state index in [0.29, 0.717) is 23.8 Å². The van der Waals surface area contributed by atoms with Gasteiger partial charge in [-0.15, -0.1) is 0 Å². The molecule has 0 unspecified atom stereocenters. The van der Waals surface area contributed by atoms with Gasteiger partial charge in [-0.1, -0.05) is 48.0 Å². The number of amides is 1. The predicted molar refractivity (Wildman–Crippen MR) is 135 cm³/mol. The molecule has 1 amide bonds. The highest BCUT2D eigenvalue weighted by molar-refractivity contribution is 6.34. The van der Waals surface area contributed by atoms with Crippen LogP contribution in [0.3, 0.4) is 0 Å². The van der Waals surface area contributed by atoms with Crippen LogP contribution in [0.1, 0.15) is 28.4 Å². The Kier molecular flexibility index (Phi) is 9.15. The number of methoxy groups -OCH3 is 2. The molecule has 0 bridgehead atoms. The molecule has 0 heterocycles. The van der Waals surface area contributed by atoms with Crippen LogP contribution in [0.25, 0.3) is 6.08 Å². The van der Waals surface area contributed by atoms with Crippen molar-refractivity contribution in [2.75, 3.05) is 26.1 Å². The summed E-state index contributed by atoms with van der Waals surface area (Å²) in [7, 11) is 2.97. The highest BCUT2D eigenvalue weighted by Gasteiger charge is 2.17. The third-order valence-corrected chi connectivity index (χ3v) is 5.21. The van der Waals surface area contributed by atoms with Crippen molar-refractivity contribution in [1.82, 2.24) is 0 Å². The lowest BCUT2D eigenvalue weighted by molar-refractivity contribution is -0.111. The Bertz CT molecular complexity index is 1210. The van der Waals surface area contributed by atoms with Crippen LogP contribution in [-0.2, 0) is 16.1 Å². The zero-order chi connectivity index (χ0) is 25.2. The second kappa shape index (κ2) is 12.5. The summed E-state index contributed by atoms with van der Waals surface area (Å²) in [6.07, 6.45) is 3.00. The predicted octanol–water partition coefficient (Wildman–Crippen LogP) is 5.76. The number of hydrogen-bond acceptors (Lipinski definition) is 6. The van der Waals surface area contributed by atoms with E-state index in [9.17, 15) is 9.59 Å². The van der Waals surface area contributed by atoms with Crippen molar-refractivity contribution in [3.63, 3.8) is 0 Å².